The molecule has 2 aliphatic rings. The third-order valence-electron chi connectivity index (χ3n) is 6.02. The minimum atomic E-state index is -1.05. The summed E-state index contributed by atoms with van der Waals surface area (Å²) in [6.45, 7) is 7.65. The summed E-state index contributed by atoms with van der Waals surface area (Å²) in [4.78, 5) is 15.3. The van der Waals surface area contributed by atoms with Gasteiger partial charge in [-0.3, -0.25) is 0 Å². The molecule has 0 bridgehead atoms. The third kappa shape index (κ3) is 6.29. The molecule has 0 saturated carbocycles. The molecule has 0 aromatic carbocycles. The smallest absolute Gasteiger partial charge is 0.434 e. The molecule has 2 fully saturated rings. The van der Waals surface area contributed by atoms with E-state index in [2.05, 4.69) is 9.72 Å². The number of nitrogens with zero attached hydrogens (tertiary/aromatic N) is 1. The van der Waals surface area contributed by atoms with Crippen LogP contribution in [0, 0.1) is 11.8 Å². The molecule has 1 aromatic rings. The Morgan fingerprint density at radius 3 is 2.75 bits per heavy atom. The van der Waals surface area contributed by atoms with Crippen molar-refractivity contribution < 1.29 is 43.5 Å². The SMILES string of the molecule is CCOC(=O)Oc1cnc(/C=C(\C)C[C@@H]2OC[C@H](C[C@@H]3O[C@H]3[C@@H](C)[C@H](C)O)[C@@H](O)[C@H]2O)o1. The fraction of sp³-hybridized carbons (Fsp3) is 0.727. The number of ether oxygens (including phenoxy) is 4. The number of aliphatic hydroxyl groups is 3. The molecule has 3 rings (SSSR count). The Hall–Kier alpha value is -1.98. The minimum Gasteiger partial charge on any atom is -0.434 e. The van der Waals surface area contributed by atoms with Gasteiger partial charge in [0.05, 0.1) is 43.7 Å². The first-order valence-corrected chi connectivity index (χ1v) is 11.0. The van der Waals surface area contributed by atoms with E-state index in [1.54, 1.807) is 19.9 Å². The molecule has 32 heavy (non-hydrogen) atoms. The van der Waals surface area contributed by atoms with E-state index in [0.29, 0.717) is 19.4 Å². The van der Waals surface area contributed by atoms with Crippen LogP contribution in [0.3, 0.4) is 0 Å². The quantitative estimate of drug-likeness (QED) is 0.373. The Balaban J connectivity index is 1.49. The molecule has 180 valence electrons. The Morgan fingerprint density at radius 2 is 2.06 bits per heavy atom. The average molecular weight is 456 g/mol. The summed E-state index contributed by atoms with van der Waals surface area (Å²) in [5, 5.41) is 30.9. The van der Waals surface area contributed by atoms with Crippen LogP contribution in [0.1, 0.15) is 46.4 Å². The van der Waals surface area contributed by atoms with Crippen molar-refractivity contribution in [2.24, 2.45) is 11.8 Å². The average Bonchev–Trinajstić information content (AvgIpc) is 3.37. The zero-order valence-electron chi connectivity index (χ0n) is 18.8. The number of hydrogen-bond acceptors (Lipinski definition) is 10. The molecule has 0 spiro atoms. The van der Waals surface area contributed by atoms with Gasteiger partial charge in [-0.05, 0) is 39.7 Å². The number of hydrogen-bond donors (Lipinski definition) is 3. The van der Waals surface area contributed by atoms with Crippen LogP contribution in [0.25, 0.3) is 6.08 Å². The van der Waals surface area contributed by atoms with E-state index >= 15 is 0 Å². The van der Waals surface area contributed by atoms with Crippen molar-refractivity contribution >= 4 is 12.2 Å². The Kier molecular flexibility index (Phi) is 8.29. The number of aliphatic hydroxyl groups excluding tert-OH is 3. The Bertz CT molecular complexity index is 792. The maximum absolute atomic E-state index is 11.3. The highest BCUT2D eigenvalue weighted by atomic mass is 16.8. The lowest BCUT2D eigenvalue weighted by Crippen LogP contribution is -2.50. The summed E-state index contributed by atoms with van der Waals surface area (Å²) in [6, 6.07) is 0. The second kappa shape index (κ2) is 10.8. The van der Waals surface area contributed by atoms with Gasteiger partial charge in [-0.1, -0.05) is 12.5 Å². The summed E-state index contributed by atoms with van der Waals surface area (Å²) in [6.07, 6.45) is -0.103. The summed E-state index contributed by atoms with van der Waals surface area (Å²) < 4.78 is 26.3. The van der Waals surface area contributed by atoms with E-state index in [4.69, 9.17) is 18.6 Å². The van der Waals surface area contributed by atoms with Gasteiger partial charge in [0.2, 0.25) is 5.89 Å². The van der Waals surface area contributed by atoms with E-state index in [-0.39, 0.29) is 42.5 Å². The van der Waals surface area contributed by atoms with Crippen molar-refractivity contribution in [1.82, 2.24) is 4.98 Å². The number of aromatic nitrogens is 1. The van der Waals surface area contributed by atoms with Crippen LogP contribution in [0.4, 0.5) is 4.79 Å². The summed E-state index contributed by atoms with van der Waals surface area (Å²) >= 11 is 0. The predicted octanol–water partition coefficient (Wildman–Crippen LogP) is 1.91. The van der Waals surface area contributed by atoms with Gasteiger partial charge in [0, 0.05) is 11.8 Å². The number of carbonyl (C=O) groups excluding carboxylic acids is 1. The molecule has 0 amide bonds. The monoisotopic (exact) mass is 455 g/mol. The van der Waals surface area contributed by atoms with Crippen LogP contribution < -0.4 is 4.74 Å². The van der Waals surface area contributed by atoms with Crippen LogP contribution in [-0.4, -0.2) is 76.3 Å². The second-order valence-corrected chi connectivity index (χ2v) is 8.59. The molecule has 8 atom stereocenters. The summed E-state index contributed by atoms with van der Waals surface area (Å²) in [5.41, 5.74) is 0.806. The zero-order chi connectivity index (χ0) is 23.4. The van der Waals surface area contributed by atoms with Gasteiger partial charge in [0.1, 0.15) is 12.3 Å². The van der Waals surface area contributed by atoms with E-state index in [9.17, 15) is 20.1 Å². The standard InChI is InChI=1S/C22H33NO9/c1-5-28-22(27)32-18-9-23-17(31-18)7-11(2)6-15-20(26)19(25)14(10-29-15)8-16-21(30-16)12(3)13(4)24/h7,9,12-16,19-21,24-26H,5-6,8,10H2,1-4H3/b11-7+/t12-,13-,14-,15-,16-,19+,20-,21-/m0/s1. The first-order valence-electron chi connectivity index (χ1n) is 11.0. The molecule has 10 heteroatoms. The highest BCUT2D eigenvalue weighted by molar-refractivity contribution is 5.62. The highest BCUT2D eigenvalue weighted by Crippen LogP contribution is 2.38. The molecule has 0 aliphatic carbocycles. The van der Waals surface area contributed by atoms with Crippen molar-refractivity contribution in [3.63, 3.8) is 0 Å². The number of oxazole rings is 1. The van der Waals surface area contributed by atoms with Crippen LogP contribution in [-0.2, 0) is 14.2 Å². The summed E-state index contributed by atoms with van der Waals surface area (Å²) in [5.74, 6) is -0.0727. The lowest BCUT2D eigenvalue weighted by Gasteiger charge is -2.38. The van der Waals surface area contributed by atoms with Gasteiger partial charge in [0.25, 0.3) is 0 Å². The Labute approximate surface area is 187 Å². The van der Waals surface area contributed by atoms with Gasteiger partial charge in [-0.2, -0.15) is 0 Å². The summed E-state index contributed by atoms with van der Waals surface area (Å²) in [7, 11) is 0. The number of epoxide rings is 1. The molecular weight excluding hydrogens is 422 g/mol. The first-order chi connectivity index (χ1) is 15.2. The lowest BCUT2D eigenvalue weighted by molar-refractivity contribution is -0.165. The van der Waals surface area contributed by atoms with Crippen LogP contribution in [0.15, 0.2) is 16.2 Å². The molecule has 10 nitrogen and oxygen atoms in total. The van der Waals surface area contributed by atoms with Crippen molar-refractivity contribution in [1.29, 1.82) is 0 Å². The fourth-order valence-electron chi connectivity index (χ4n) is 3.91. The van der Waals surface area contributed by atoms with Crippen LogP contribution >= 0.6 is 0 Å². The number of carbonyl (C=O) groups is 1. The normalized spacial score (nSPS) is 32.3. The van der Waals surface area contributed by atoms with E-state index in [1.165, 1.54) is 6.20 Å². The van der Waals surface area contributed by atoms with Crippen LogP contribution in [0.2, 0.25) is 0 Å². The molecule has 0 radical (unpaired) electrons. The van der Waals surface area contributed by atoms with Crippen molar-refractivity contribution in [3.05, 3.63) is 17.7 Å². The van der Waals surface area contributed by atoms with Gasteiger partial charge in [0.15, 0.2) is 0 Å². The minimum absolute atomic E-state index is 0.0190. The third-order valence-corrected chi connectivity index (χ3v) is 6.02. The maximum Gasteiger partial charge on any atom is 0.516 e. The lowest BCUT2D eigenvalue weighted by atomic mass is 9.85. The fourth-order valence-corrected chi connectivity index (χ4v) is 3.91. The van der Waals surface area contributed by atoms with E-state index in [0.717, 1.165) is 5.57 Å². The molecule has 1 aromatic heterocycles. The van der Waals surface area contributed by atoms with Gasteiger partial charge >= 0.3 is 12.1 Å². The second-order valence-electron chi connectivity index (χ2n) is 8.59. The van der Waals surface area contributed by atoms with Gasteiger partial charge in [-0.25, -0.2) is 9.78 Å². The largest absolute Gasteiger partial charge is 0.516 e. The Morgan fingerprint density at radius 1 is 1.31 bits per heavy atom. The van der Waals surface area contributed by atoms with Crippen molar-refractivity contribution in [2.45, 2.75) is 77.2 Å². The molecular formula is C22H33NO9. The topological polar surface area (TPSA) is 144 Å². The predicted molar refractivity (Wildman–Crippen MR) is 112 cm³/mol. The van der Waals surface area contributed by atoms with Crippen molar-refractivity contribution in [3.8, 4) is 5.95 Å². The van der Waals surface area contributed by atoms with Crippen molar-refractivity contribution in [2.75, 3.05) is 13.2 Å². The van der Waals surface area contributed by atoms with Gasteiger partial charge in [-0.15, -0.1) is 0 Å². The van der Waals surface area contributed by atoms with E-state index < -0.39 is 30.6 Å². The molecule has 3 heterocycles. The molecule has 0 unspecified atom stereocenters. The first kappa shape index (κ1) is 24.7. The maximum atomic E-state index is 11.3. The van der Waals surface area contributed by atoms with Crippen LogP contribution in [0.5, 0.6) is 5.95 Å². The zero-order valence-corrected chi connectivity index (χ0v) is 18.8. The molecule has 2 aliphatic heterocycles. The van der Waals surface area contributed by atoms with Gasteiger partial charge < -0.3 is 38.7 Å². The van der Waals surface area contributed by atoms with E-state index in [1.807, 2.05) is 13.8 Å². The highest BCUT2D eigenvalue weighted by Gasteiger charge is 2.48. The number of rotatable bonds is 9. The molecule has 2 saturated heterocycles. The molecule has 3 N–H and O–H groups in total.